The van der Waals surface area contributed by atoms with Gasteiger partial charge < -0.3 is 70.6 Å². The summed E-state index contributed by atoms with van der Waals surface area (Å²) in [5.41, 5.74) is 28.0. The Kier molecular flexibility index (Phi) is 22.2. The number of carbonyl (C=O) groups is 6. The van der Waals surface area contributed by atoms with Crippen LogP contribution in [0.2, 0.25) is 0 Å². The number of carboxylic acids is 1. The van der Waals surface area contributed by atoms with Crippen molar-refractivity contribution >= 4 is 60.1 Å². The van der Waals surface area contributed by atoms with Gasteiger partial charge in [-0.05, 0) is 64.3 Å². The van der Waals surface area contributed by atoms with Crippen molar-refractivity contribution in [3.63, 3.8) is 0 Å². The number of nitrogens with two attached hydrogens (primary N) is 5. The van der Waals surface area contributed by atoms with Crippen LogP contribution in [0.1, 0.15) is 57.8 Å². The second-order valence-electron chi connectivity index (χ2n) is 12.5. The summed E-state index contributed by atoms with van der Waals surface area (Å²) in [6.07, 6.45) is 6.05. The van der Waals surface area contributed by atoms with E-state index in [0.717, 1.165) is 0 Å². The van der Waals surface area contributed by atoms with Crippen LogP contribution in [0.3, 0.4) is 0 Å². The van der Waals surface area contributed by atoms with Crippen LogP contribution in [-0.2, 0) is 28.8 Å². The number of unbranched alkanes of at least 4 members (excludes halogenated alkanes) is 2. The van der Waals surface area contributed by atoms with Crippen molar-refractivity contribution in [2.75, 3.05) is 38.5 Å². The van der Waals surface area contributed by atoms with Gasteiger partial charge in [0.1, 0.15) is 24.2 Å². The fourth-order valence-electron chi connectivity index (χ4n) is 5.21. The number of carboxylic acid groups (broad SMARTS) is 1. The SMILES string of the molecule is N=C(N)NCCCC[C@H](N)C(=O)NCCCC[C@H](NC(=O)[C@@H](N)CS)C(=O)N[C@@H](CCN)C(=O)N1CC=C[C@H]1C(=O)N[C@@H](CCCNC(=N)N)C(=O)O. The van der Waals surface area contributed by atoms with Crippen molar-refractivity contribution in [3.8, 4) is 0 Å². The van der Waals surface area contributed by atoms with E-state index >= 15 is 0 Å². The summed E-state index contributed by atoms with van der Waals surface area (Å²) in [4.78, 5) is 78.5. The molecule has 0 aliphatic carbocycles. The van der Waals surface area contributed by atoms with Gasteiger partial charge in [0.25, 0.3) is 0 Å². The highest BCUT2D eigenvalue weighted by molar-refractivity contribution is 7.80. The first-order valence-corrected chi connectivity index (χ1v) is 18.1. The number of hydrogen-bond donors (Lipinski definition) is 15. The molecule has 0 saturated heterocycles. The van der Waals surface area contributed by atoms with Gasteiger partial charge in [0.15, 0.2) is 11.9 Å². The van der Waals surface area contributed by atoms with Gasteiger partial charge in [-0.3, -0.25) is 34.8 Å². The highest BCUT2D eigenvalue weighted by Crippen LogP contribution is 2.15. The Hall–Kier alpha value is -4.67. The molecule has 53 heavy (non-hydrogen) atoms. The van der Waals surface area contributed by atoms with Gasteiger partial charge in [-0.1, -0.05) is 12.2 Å². The molecule has 0 spiro atoms. The minimum atomic E-state index is -1.28. The largest absolute Gasteiger partial charge is 0.480 e. The zero-order valence-corrected chi connectivity index (χ0v) is 30.8. The molecular formula is C31H58N14O7S. The Morgan fingerprint density at radius 2 is 1.30 bits per heavy atom. The topological polar surface area (TPSA) is 376 Å². The van der Waals surface area contributed by atoms with Gasteiger partial charge in [0, 0.05) is 31.9 Å². The molecule has 21 nitrogen and oxygen atoms in total. The second kappa shape index (κ2) is 25.3. The van der Waals surface area contributed by atoms with Crippen LogP contribution in [0.5, 0.6) is 0 Å². The predicted molar refractivity (Wildman–Crippen MR) is 201 cm³/mol. The second-order valence-corrected chi connectivity index (χ2v) is 12.8. The zero-order valence-electron chi connectivity index (χ0n) is 29.9. The highest BCUT2D eigenvalue weighted by Gasteiger charge is 2.37. The third-order valence-corrected chi connectivity index (χ3v) is 8.55. The van der Waals surface area contributed by atoms with E-state index in [1.807, 2.05) is 0 Å². The van der Waals surface area contributed by atoms with Gasteiger partial charge >= 0.3 is 5.97 Å². The maximum absolute atomic E-state index is 13.7. The monoisotopic (exact) mass is 770 g/mol. The molecule has 0 unspecified atom stereocenters. The van der Waals surface area contributed by atoms with E-state index in [0.29, 0.717) is 38.6 Å². The van der Waals surface area contributed by atoms with Gasteiger partial charge in [0.05, 0.1) is 12.1 Å². The molecule has 0 saturated carbocycles. The van der Waals surface area contributed by atoms with Crippen LogP contribution < -0.4 is 60.6 Å². The van der Waals surface area contributed by atoms with Crippen LogP contribution in [-0.4, -0.2) is 132 Å². The maximum atomic E-state index is 13.7. The van der Waals surface area contributed by atoms with E-state index in [9.17, 15) is 33.9 Å². The van der Waals surface area contributed by atoms with Crippen molar-refractivity contribution in [2.24, 2.45) is 28.7 Å². The Morgan fingerprint density at radius 3 is 1.89 bits per heavy atom. The Balaban J connectivity index is 2.86. The van der Waals surface area contributed by atoms with E-state index < -0.39 is 65.8 Å². The molecule has 5 amide bonds. The lowest BCUT2D eigenvalue weighted by atomic mass is 10.1. The summed E-state index contributed by atoms with van der Waals surface area (Å²) >= 11 is 4.04. The molecule has 1 aliphatic heterocycles. The van der Waals surface area contributed by atoms with Crippen molar-refractivity contribution in [1.29, 1.82) is 10.8 Å². The molecule has 0 aromatic heterocycles. The average Bonchev–Trinajstić information content (AvgIpc) is 3.60. The predicted octanol–water partition coefficient (Wildman–Crippen LogP) is -4.57. The van der Waals surface area contributed by atoms with E-state index in [-0.39, 0.29) is 75.4 Å². The molecule has 6 atom stereocenters. The van der Waals surface area contributed by atoms with Gasteiger partial charge in [0.2, 0.25) is 29.5 Å². The minimum absolute atomic E-state index is 0.00728. The number of guanidine groups is 2. The normalized spacial score (nSPS) is 16.3. The number of nitrogens with zero attached hydrogens (tertiary/aromatic N) is 1. The Bertz CT molecular complexity index is 1290. The number of hydrogen-bond acceptors (Lipinski definition) is 12. The smallest absolute Gasteiger partial charge is 0.326 e. The highest BCUT2D eigenvalue weighted by atomic mass is 32.1. The van der Waals surface area contributed by atoms with Crippen LogP contribution in [0, 0.1) is 10.8 Å². The lowest BCUT2D eigenvalue weighted by molar-refractivity contribution is -0.144. The molecule has 1 heterocycles. The Morgan fingerprint density at radius 1 is 0.736 bits per heavy atom. The zero-order chi connectivity index (χ0) is 39.9. The molecular weight excluding hydrogens is 712 g/mol. The summed E-state index contributed by atoms with van der Waals surface area (Å²) in [6.45, 7) is 0.983. The van der Waals surface area contributed by atoms with Crippen LogP contribution >= 0.6 is 12.6 Å². The first-order chi connectivity index (χ1) is 25.1. The molecule has 0 bridgehead atoms. The van der Waals surface area contributed by atoms with E-state index in [1.54, 1.807) is 6.08 Å². The summed E-state index contributed by atoms with van der Waals surface area (Å²) in [6, 6.07) is -6.47. The number of carbonyl (C=O) groups excluding carboxylic acids is 5. The molecule has 1 rings (SSSR count). The van der Waals surface area contributed by atoms with Crippen molar-refractivity contribution in [1.82, 2.24) is 36.8 Å². The average molecular weight is 771 g/mol. The number of nitrogens with one attached hydrogen (secondary N) is 8. The van der Waals surface area contributed by atoms with E-state index in [4.69, 9.17) is 39.5 Å². The molecule has 0 fully saturated rings. The summed E-state index contributed by atoms with van der Waals surface area (Å²) < 4.78 is 0. The quantitative estimate of drug-likeness (QED) is 0.0130. The van der Waals surface area contributed by atoms with E-state index in [1.165, 1.54) is 11.0 Å². The van der Waals surface area contributed by atoms with Crippen molar-refractivity contribution in [2.45, 2.75) is 94.0 Å². The van der Waals surface area contributed by atoms with Crippen LogP contribution in [0.4, 0.5) is 0 Å². The molecule has 0 radical (unpaired) electrons. The molecule has 19 N–H and O–H groups in total. The molecule has 1 aliphatic rings. The molecule has 22 heteroatoms. The van der Waals surface area contributed by atoms with Crippen molar-refractivity contribution < 1.29 is 33.9 Å². The van der Waals surface area contributed by atoms with E-state index in [2.05, 4.69) is 44.5 Å². The molecule has 0 aromatic carbocycles. The van der Waals surface area contributed by atoms with Gasteiger partial charge in [-0.2, -0.15) is 12.6 Å². The third kappa shape index (κ3) is 18.1. The minimum Gasteiger partial charge on any atom is -0.480 e. The summed E-state index contributed by atoms with van der Waals surface area (Å²) in [5.74, 6) is -4.71. The fourth-order valence-corrected chi connectivity index (χ4v) is 5.37. The number of rotatable bonds is 26. The number of aliphatic carboxylic acids is 1. The lowest BCUT2D eigenvalue weighted by Gasteiger charge is -2.30. The maximum Gasteiger partial charge on any atom is 0.326 e. The number of amides is 5. The van der Waals surface area contributed by atoms with Gasteiger partial charge in [-0.25, -0.2) is 4.79 Å². The van der Waals surface area contributed by atoms with Gasteiger partial charge in [-0.15, -0.1) is 0 Å². The van der Waals surface area contributed by atoms with Crippen LogP contribution in [0.25, 0.3) is 0 Å². The fraction of sp³-hybridized carbons (Fsp3) is 0.677. The lowest BCUT2D eigenvalue weighted by Crippen LogP contribution is -2.58. The molecule has 0 aromatic rings. The molecule has 300 valence electrons. The first-order valence-electron chi connectivity index (χ1n) is 17.5. The number of thiol groups is 1. The summed E-state index contributed by atoms with van der Waals surface area (Å²) in [5, 5.41) is 39.6. The Labute approximate surface area is 314 Å². The standard InChI is InChI=1S/C31H58N14O7S/c32-12-11-21(28(50)45-16-6-10-23(45)27(49)44-22(29(51)52)9-5-15-41-31(37)38)43-26(48)20(42-25(47)19(34)17-53)8-2-4-13-39-24(46)18(33)7-1-3-14-40-30(35)36/h6,10,18-23,53H,1-5,7-9,11-17,32-34H2,(H,39,46)(H,42,47)(H,43,48)(H,44,49)(H,51,52)(H4,35,36,40)(H4,37,38,41)/t18-,19-,20-,21-,22-,23-/m0/s1. The third-order valence-electron chi connectivity index (χ3n) is 8.16. The summed E-state index contributed by atoms with van der Waals surface area (Å²) in [7, 11) is 0. The van der Waals surface area contributed by atoms with Crippen molar-refractivity contribution in [3.05, 3.63) is 12.2 Å². The van der Waals surface area contributed by atoms with Crippen LogP contribution in [0.15, 0.2) is 12.2 Å². The first kappa shape index (κ1) is 46.4.